The van der Waals surface area contributed by atoms with Crippen LogP contribution >= 0.6 is 11.6 Å². The van der Waals surface area contributed by atoms with Gasteiger partial charge < -0.3 is 19.9 Å². The highest BCUT2D eigenvalue weighted by Crippen LogP contribution is 2.37. The molecule has 2 N–H and O–H groups in total. The molecular formula is C17H11ClN2O4. The number of halogens is 1. The first-order valence-corrected chi connectivity index (χ1v) is 7.26. The van der Waals surface area contributed by atoms with E-state index in [2.05, 4.69) is 5.32 Å². The summed E-state index contributed by atoms with van der Waals surface area (Å²) < 4.78 is 10.5. The Balaban J connectivity index is 1.85. The van der Waals surface area contributed by atoms with Crippen molar-refractivity contribution in [1.82, 2.24) is 0 Å². The SMILES string of the molecule is N#CC(=Cc1cc2c(cc1Cl)OCO2)C(=O)Nc1ccc(O)cc1. The maximum absolute atomic E-state index is 12.2. The second-order valence-electron chi connectivity index (χ2n) is 4.90. The molecule has 1 aliphatic heterocycles. The molecule has 2 aromatic rings. The van der Waals surface area contributed by atoms with E-state index in [1.54, 1.807) is 12.1 Å². The van der Waals surface area contributed by atoms with Crippen LogP contribution in [-0.4, -0.2) is 17.8 Å². The van der Waals surface area contributed by atoms with Gasteiger partial charge in [-0.05, 0) is 42.0 Å². The Morgan fingerprint density at radius 3 is 2.58 bits per heavy atom. The van der Waals surface area contributed by atoms with Crippen molar-refractivity contribution >= 4 is 29.3 Å². The molecular weight excluding hydrogens is 332 g/mol. The third-order valence-electron chi connectivity index (χ3n) is 3.28. The fraction of sp³-hybridized carbons (Fsp3) is 0.0588. The Hall–Kier alpha value is -3.17. The zero-order chi connectivity index (χ0) is 17.1. The summed E-state index contributed by atoms with van der Waals surface area (Å²) >= 11 is 6.14. The molecule has 0 saturated heterocycles. The van der Waals surface area contributed by atoms with Gasteiger partial charge in [0.2, 0.25) is 6.79 Å². The molecule has 24 heavy (non-hydrogen) atoms. The van der Waals surface area contributed by atoms with Crippen molar-refractivity contribution in [1.29, 1.82) is 5.26 Å². The largest absolute Gasteiger partial charge is 0.508 e. The van der Waals surface area contributed by atoms with Crippen LogP contribution in [0.25, 0.3) is 6.08 Å². The fourth-order valence-electron chi connectivity index (χ4n) is 2.09. The maximum atomic E-state index is 12.2. The van der Waals surface area contributed by atoms with Crippen molar-refractivity contribution in [3.8, 4) is 23.3 Å². The summed E-state index contributed by atoms with van der Waals surface area (Å²) in [6, 6.07) is 10.9. The molecule has 0 bridgehead atoms. The Morgan fingerprint density at radius 2 is 1.92 bits per heavy atom. The topological polar surface area (TPSA) is 91.6 Å². The minimum absolute atomic E-state index is 0.0798. The number of amides is 1. The number of nitrogens with one attached hydrogen (secondary N) is 1. The summed E-state index contributed by atoms with van der Waals surface area (Å²) in [5.41, 5.74) is 0.804. The smallest absolute Gasteiger partial charge is 0.266 e. The van der Waals surface area contributed by atoms with E-state index in [1.807, 2.05) is 6.07 Å². The van der Waals surface area contributed by atoms with Crippen LogP contribution in [0.2, 0.25) is 5.02 Å². The van der Waals surface area contributed by atoms with Crippen LogP contribution in [0, 0.1) is 11.3 Å². The number of hydrogen-bond donors (Lipinski definition) is 2. The van der Waals surface area contributed by atoms with Gasteiger partial charge in [-0.3, -0.25) is 4.79 Å². The summed E-state index contributed by atoms with van der Waals surface area (Å²) in [5.74, 6) is 0.513. The number of benzene rings is 2. The summed E-state index contributed by atoms with van der Waals surface area (Å²) in [5, 5.41) is 21.4. The van der Waals surface area contributed by atoms with Gasteiger partial charge in [-0.25, -0.2) is 0 Å². The minimum atomic E-state index is -0.586. The van der Waals surface area contributed by atoms with Crippen LogP contribution in [0.4, 0.5) is 5.69 Å². The zero-order valence-corrected chi connectivity index (χ0v) is 13.0. The second kappa shape index (κ2) is 6.52. The Bertz CT molecular complexity index is 869. The number of phenols is 1. The molecule has 0 unspecified atom stereocenters. The molecule has 0 aromatic heterocycles. The predicted octanol–water partition coefficient (Wildman–Crippen LogP) is 3.32. The van der Waals surface area contributed by atoms with E-state index in [0.717, 1.165) is 0 Å². The molecule has 0 fully saturated rings. The normalized spacial score (nSPS) is 12.6. The van der Waals surface area contributed by atoms with E-state index >= 15 is 0 Å². The highest BCUT2D eigenvalue weighted by Gasteiger charge is 2.17. The third kappa shape index (κ3) is 3.26. The minimum Gasteiger partial charge on any atom is -0.508 e. The average Bonchev–Trinajstić information content (AvgIpc) is 3.01. The number of fused-ring (bicyclic) bond motifs is 1. The van der Waals surface area contributed by atoms with E-state index in [9.17, 15) is 15.2 Å². The molecule has 6 nitrogen and oxygen atoms in total. The molecule has 0 radical (unpaired) electrons. The van der Waals surface area contributed by atoms with Crippen molar-refractivity contribution < 1.29 is 19.4 Å². The monoisotopic (exact) mass is 342 g/mol. The Morgan fingerprint density at radius 1 is 1.25 bits per heavy atom. The van der Waals surface area contributed by atoms with E-state index in [4.69, 9.17) is 21.1 Å². The van der Waals surface area contributed by atoms with Gasteiger partial charge in [0.25, 0.3) is 5.91 Å². The first kappa shape index (κ1) is 15.7. The van der Waals surface area contributed by atoms with Crippen LogP contribution in [0.15, 0.2) is 42.0 Å². The van der Waals surface area contributed by atoms with Gasteiger partial charge in [0.05, 0.1) is 5.02 Å². The molecule has 0 spiro atoms. The quantitative estimate of drug-likeness (QED) is 0.507. The van der Waals surface area contributed by atoms with Gasteiger partial charge in [-0.15, -0.1) is 0 Å². The maximum Gasteiger partial charge on any atom is 0.266 e. The van der Waals surface area contributed by atoms with Gasteiger partial charge >= 0.3 is 0 Å². The number of anilines is 1. The van der Waals surface area contributed by atoms with Gasteiger partial charge in [-0.1, -0.05) is 11.6 Å². The zero-order valence-electron chi connectivity index (χ0n) is 12.2. The molecule has 0 aliphatic carbocycles. The van der Waals surface area contributed by atoms with Crippen molar-refractivity contribution in [2.45, 2.75) is 0 Å². The summed E-state index contributed by atoms with van der Waals surface area (Å²) in [4.78, 5) is 12.2. The fourth-order valence-corrected chi connectivity index (χ4v) is 2.30. The molecule has 0 saturated carbocycles. The predicted molar refractivity (Wildman–Crippen MR) is 87.9 cm³/mol. The number of nitrogens with zero attached hydrogens (tertiary/aromatic N) is 1. The van der Waals surface area contributed by atoms with Crippen molar-refractivity contribution in [2.75, 3.05) is 12.1 Å². The molecule has 3 rings (SSSR count). The third-order valence-corrected chi connectivity index (χ3v) is 3.61. The van der Waals surface area contributed by atoms with Crippen molar-refractivity contribution in [3.05, 3.63) is 52.6 Å². The number of carbonyl (C=O) groups excluding carboxylic acids is 1. The molecule has 7 heteroatoms. The number of hydrogen-bond acceptors (Lipinski definition) is 5. The highest BCUT2D eigenvalue weighted by atomic mass is 35.5. The Kier molecular flexibility index (Phi) is 4.27. The number of rotatable bonds is 3. The van der Waals surface area contributed by atoms with Crippen LogP contribution < -0.4 is 14.8 Å². The highest BCUT2D eigenvalue weighted by molar-refractivity contribution is 6.32. The van der Waals surface area contributed by atoms with Crippen LogP contribution in [0.3, 0.4) is 0 Å². The van der Waals surface area contributed by atoms with E-state index in [-0.39, 0.29) is 18.1 Å². The molecule has 0 atom stereocenters. The lowest BCUT2D eigenvalue weighted by atomic mass is 10.1. The lowest BCUT2D eigenvalue weighted by molar-refractivity contribution is -0.112. The molecule has 2 aromatic carbocycles. The first-order valence-electron chi connectivity index (χ1n) is 6.88. The average molecular weight is 343 g/mol. The lowest BCUT2D eigenvalue weighted by Crippen LogP contribution is -2.13. The summed E-state index contributed by atoms with van der Waals surface area (Å²) in [6.07, 6.45) is 1.38. The summed E-state index contributed by atoms with van der Waals surface area (Å²) in [6.45, 7) is 0.102. The molecule has 1 heterocycles. The molecule has 120 valence electrons. The number of aromatic hydroxyl groups is 1. The molecule has 1 amide bonds. The van der Waals surface area contributed by atoms with Gasteiger partial charge in [0, 0.05) is 11.8 Å². The van der Waals surface area contributed by atoms with E-state index < -0.39 is 5.91 Å². The van der Waals surface area contributed by atoms with Crippen molar-refractivity contribution in [2.24, 2.45) is 0 Å². The number of nitriles is 1. The van der Waals surface area contributed by atoms with Gasteiger partial charge in [0.15, 0.2) is 11.5 Å². The van der Waals surface area contributed by atoms with Crippen LogP contribution in [0.1, 0.15) is 5.56 Å². The van der Waals surface area contributed by atoms with Gasteiger partial charge in [-0.2, -0.15) is 5.26 Å². The van der Waals surface area contributed by atoms with E-state index in [0.29, 0.717) is 27.8 Å². The summed E-state index contributed by atoms with van der Waals surface area (Å²) in [7, 11) is 0. The van der Waals surface area contributed by atoms with E-state index in [1.165, 1.54) is 30.3 Å². The number of ether oxygens (including phenoxy) is 2. The van der Waals surface area contributed by atoms with Crippen LogP contribution in [0.5, 0.6) is 17.2 Å². The standard InChI is InChI=1S/C17H11ClN2O4/c18-14-7-16-15(23-9-24-16)6-10(14)5-11(8-19)17(22)20-12-1-3-13(21)4-2-12/h1-7,21H,9H2,(H,20,22). The number of phenolic OH excluding ortho intramolecular Hbond substituents is 1. The lowest BCUT2D eigenvalue weighted by Gasteiger charge is -2.05. The molecule has 1 aliphatic rings. The van der Waals surface area contributed by atoms with Crippen molar-refractivity contribution in [3.63, 3.8) is 0 Å². The number of carbonyl (C=O) groups is 1. The first-order chi connectivity index (χ1) is 11.6. The van der Waals surface area contributed by atoms with Crippen LogP contribution in [-0.2, 0) is 4.79 Å². The Labute approximate surface area is 142 Å². The second-order valence-corrected chi connectivity index (χ2v) is 5.30. The van der Waals surface area contributed by atoms with Gasteiger partial charge in [0.1, 0.15) is 17.4 Å².